The molecule has 0 aliphatic heterocycles. The van der Waals surface area contributed by atoms with Crippen LogP contribution in [0.2, 0.25) is 0 Å². The summed E-state index contributed by atoms with van der Waals surface area (Å²) in [5, 5.41) is 6.40. The molecule has 1 aromatic heterocycles. The van der Waals surface area contributed by atoms with E-state index in [-0.39, 0.29) is 11.4 Å². The first kappa shape index (κ1) is 11.7. The normalized spacial score (nSPS) is 10.2. The second-order valence-electron chi connectivity index (χ2n) is 3.47. The molecule has 2 aromatic rings. The summed E-state index contributed by atoms with van der Waals surface area (Å²) in [5.74, 6) is 0.942. The highest BCUT2D eigenvalue weighted by atomic mass is 35.5. The number of nitrogens with one attached hydrogen (secondary N) is 1. The molecular weight excluding hydrogens is 240 g/mol. The summed E-state index contributed by atoms with van der Waals surface area (Å²) in [6.07, 6.45) is 0. The Morgan fingerprint density at radius 1 is 1.35 bits per heavy atom. The molecule has 0 atom stereocenters. The molecule has 1 heterocycles. The zero-order valence-corrected chi connectivity index (χ0v) is 9.99. The van der Waals surface area contributed by atoms with Crippen molar-refractivity contribution in [3.63, 3.8) is 0 Å². The average Bonchev–Trinajstić information content (AvgIpc) is 2.39. The summed E-state index contributed by atoms with van der Waals surface area (Å²) >= 11 is 5.67. The fraction of sp³-hybridized carbons (Fsp3) is 0.167. The molecule has 0 saturated heterocycles. The van der Waals surface area contributed by atoms with Gasteiger partial charge in [-0.05, 0) is 30.3 Å². The van der Waals surface area contributed by atoms with Crippen LogP contribution in [-0.2, 0) is 5.88 Å². The van der Waals surface area contributed by atoms with Crippen molar-refractivity contribution in [2.24, 2.45) is 0 Å². The Kier molecular flexibility index (Phi) is 3.44. The molecule has 0 radical (unpaired) electrons. The van der Waals surface area contributed by atoms with Gasteiger partial charge in [0.25, 0.3) is 5.56 Å². The second-order valence-corrected chi connectivity index (χ2v) is 3.74. The van der Waals surface area contributed by atoms with Crippen molar-refractivity contribution in [3.8, 4) is 17.0 Å². The zero-order chi connectivity index (χ0) is 12.3. The Labute approximate surface area is 103 Å². The van der Waals surface area contributed by atoms with Gasteiger partial charge < -0.3 is 4.74 Å². The molecule has 0 saturated carbocycles. The largest absolute Gasteiger partial charge is 0.497 e. The van der Waals surface area contributed by atoms with Gasteiger partial charge in [-0.25, -0.2) is 5.10 Å². The molecular formula is C12H11ClN2O2. The number of hydrogen-bond acceptors (Lipinski definition) is 3. The lowest BCUT2D eigenvalue weighted by molar-refractivity contribution is 0.415. The van der Waals surface area contributed by atoms with E-state index in [0.29, 0.717) is 11.3 Å². The molecule has 17 heavy (non-hydrogen) atoms. The molecule has 0 amide bonds. The van der Waals surface area contributed by atoms with Crippen LogP contribution in [-0.4, -0.2) is 17.3 Å². The second kappa shape index (κ2) is 5.01. The molecule has 0 aliphatic rings. The van der Waals surface area contributed by atoms with Crippen molar-refractivity contribution >= 4 is 11.6 Å². The van der Waals surface area contributed by atoms with Crippen LogP contribution < -0.4 is 10.3 Å². The fourth-order valence-electron chi connectivity index (χ4n) is 1.45. The number of H-pyrrole nitrogens is 1. The summed E-state index contributed by atoms with van der Waals surface area (Å²) in [5.41, 5.74) is 1.83. The highest BCUT2D eigenvalue weighted by Crippen LogP contribution is 2.20. The Bertz CT molecular complexity index is 563. The quantitative estimate of drug-likeness (QED) is 0.850. The van der Waals surface area contributed by atoms with E-state index in [1.54, 1.807) is 13.2 Å². The number of hydrogen-bond donors (Lipinski definition) is 1. The van der Waals surface area contributed by atoms with Crippen LogP contribution >= 0.6 is 11.6 Å². The van der Waals surface area contributed by atoms with Gasteiger partial charge in [-0.2, -0.15) is 5.10 Å². The van der Waals surface area contributed by atoms with E-state index < -0.39 is 0 Å². The van der Waals surface area contributed by atoms with Crippen LogP contribution in [0.3, 0.4) is 0 Å². The molecule has 0 fully saturated rings. The number of ether oxygens (including phenoxy) is 1. The fourth-order valence-corrected chi connectivity index (χ4v) is 1.65. The smallest absolute Gasteiger partial charge is 0.268 e. The summed E-state index contributed by atoms with van der Waals surface area (Å²) in [4.78, 5) is 11.3. The molecule has 0 bridgehead atoms. The Balaban J connectivity index is 2.42. The van der Waals surface area contributed by atoms with Gasteiger partial charge in [-0.1, -0.05) is 0 Å². The Hall–Kier alpha value is -1.81. The van der Waals surface area contributed by atoms with E-state index in [4.69, 9.17) is 16.3 Å². The summed E-state index contributed by atoms with van der Waals surface area (Å²) < 4.78 is 5.07. The number of halogens is 1. The zero-order valence-electron chi connectivity index (χ0n) is 9.24. The standard InChI is InChI=1S/C12H11ClN2O2/c1-17-10-4-2-8(3-5-10)11-6-9(7-13)12(16)15-14-11/h2-6H,7H2,1H3,(H,15,16). The van der Waals surface area contributed by atoms with Gasteiger partial charge in [0.2, 0.25) is 0 Å². The van der Waals surface area contributed by atoms with Crippen LogP contribution in [0.1, 0.15) is 5.56 Å². The Morgan fingerprint density at radius 2 is 2.06 bits per heavy atom. The number of methoxy groups -OCH3 is 1. The highest BCUT2D eigenvalue weighted by Gasteiger charge is 2.04. The molecule has 5 heteroatoms. The van der Waals surface area contributed by atoms with Crippen molar-refractivity contribution in [1.29, 1.82) is 0 Å². The number of alkyl halides is 1. The van der Waals surface area contributed by atoms with Crippen LogP contribution in [0, 0.1) is 0 Å². The van der Waals surface area contributed by atoms with Gasteiger partial charge in [0, 0.05) is 11.1 Å². The van der Waals surface area contributed by atoms with E-state index >= 15 is 0 Å². The molecule has 0 spiro atoms. The minimum Gasteiger partial charge on any atom is -0.497 e. The molecule has 1 aromatic carbocycles. The number of nitrogens with zero attached hydrogens (tertiary/aromatic N) is 1. The minimum atomic E-state index is -0.253. The monoisotopic (exact) mass is 250 g/mol. The van der Waals surface area contributed by atoms with E-state index in [2.05, 4.69) is 10.2 Å². The highest BCUT2D eigenvalue weighted by molar-refractivity contribution is 6.17. The molecule has 0 aliphatic carbocycles. The lowest BCUT2D eigenvalue weighted by Gasteiger charge is -2.03. The van der Waals surface area contributed by atoms with Crippen molar-refractivity contribution in [2.45, 2.75) is 5.88 Å². The van der Waals surface area contributed by atoms with Crippen molar-refractivity contribution in [1.82, 2.24) is 10.2 Å². The molecule has 2 rings (SSSR count). The van der Waals surface area contributed by atoms with Crippen molar-refractivity contribution < 1.29 is 4.74 Å². The predicted molar refractivity (Wildman–Crippen MR) is 66.4 cm³/mol. The minimum absolute atomic E-state index is 0.168. The predicted octanol–water partition coefficient (Wildman–Crippen LogP) is 2.18. The molecule has 88 valence electrons. The van der Waals surface area contributed by atoms with E-state index in [1.165, 1.54) is 0 Å². The topological polar surface area (TPSA) is 55.0 Å². The lowest BCUT2D eigenvalue weighted by atomic mass is 10.1. The summed E-state index contributed by atoms with van der Waals surface area (Å²) in [7, 11) is 1.61. The molecule has 0 unspecified atom stereocenters. The third-order valence-electron chi connectivity index (χ3n) is 2.41. The first-order chi connectivity index (χ1) is 8.24. The van der Waals surface area contributed by atoms with E-state index in [1.807, 2.05) is 24.3 Å². The van der Waals surface area contributed by atoms with Crippen LogP contribution in [0.4, 0.5) is 0 Å². The number of benzene rings is 1. The van der Waals surface area contributed by atoms with E-state index in [9.17, 15) is 4.79 Å². The van der Waals surface area contributed by atoms with Gasteiger partial charge in [0.15, 0.2) is 0 Å². The van der Waals surface area contributed by atoms with Crippen LogP contribution in [0.5, 0.6) is 5.75 Å². The maximum atomic E-state index is 11.3. The average molecular weight is 251 g/mol. The van der Waals surface area contributed by atoms with Crippen molar-refractivity contribution in [2.75, 3.05) is 7.11 Å². The SMILES string of the molecule is COc1ccc(-c2cc(CCl)c(=O)[nH]n2)cc1. The number of aromatic nitrogens is 2. The maximum absolute atomic E-state index is 11.3. The first-order valence-electron chi connectivity index (χ1n) is 5.03. The van der Waals surface area contributed by atoms with Crippen LogP contribution in [0.15, 0.2) is 35.1 Å². The van der Waals surface area contributed by atoms with Crippen LogP contribution in [0.25, 0.3) is 11.3 Å². The first-order valence-corrected chi connectivity index (χ1v) is 5.57. The van der Waals surface area contributed by atoms with Gasteiger partial charge in [0.05, 0.1) is 18.7 Å². The lowest BCUT2D eigenvalue weighted by Crippen LogP contribution is -2.13. The Morgan fingerprint density at radius 3 is 2.65 bits per heavy atom. The van der Waals surface area contributed by atoms with Crippen molar-refractivity contribution in [3.05, 3.63) is 46.2 Å². The summed E-state index contributed by atoms with van der Waals surface area (Å²) in [6, 6.07) is 9.10. The summed E-state index contributed by atoms with van der Waals surface area (Å²) in [6.45, 7) is 0. The molecule has 1 N–H and O–H groups in total. The van der Waals surface area contributed by atoms with E-state index in [0.717, 1.165) is 11.3 Å². The maximum Gasteiger partial charge on any atom is 0.268 e. The number of rotatable bonds is 3. The van der Waals surface area contributed by atoms with Gasteiger partial charge in [-0.3, -0.25) is 4.79 Å². The van der Waals surface area contributed by atoms with Gasteiger partial charge in [-0.15, -0.1) is 11.6 Å². The third kappa shape index (κ3) is 2.47. The number of aromatic amines is 1. The molecule has 4 nitrogen and oxygen atoms in total. The van der Waals surface area contributed by atoms with Gasteiger partial charge in [0.1, 0.15) is 5.75 Å². The van der Waals surface area contributed by atoms with Gasteiger partial charge >= 0.3 is 0 Å². The third-order valence-corrected chi connectivity index (χ3v) is 2.70.